The summed E-state index contributed by atoms with van der Waals surface area (Å²) in [5.74, 6) is -1.45. The lowest BCUT2D eigenvalue weighted by Gasteiger charge is -2.40. The van der Waals surface area contributed by atoms with E-state index < -0.39 is 22.7 Å². The van der Waals surface area contributed by atoms with Gasteiger partial charge in [0.2, 0.25) is 0 Å². The standard InChI is InChI=1S/C12H17F2NO/c1-11(2,3)12(16,7-15)9-5-4-8(13)6-10(9)14/h4-6,16H,7,15H2,1-3H3. The van der Waals surface area contributed by atoms with Gasteiger partial charge in [0, 0.05) is 18.2 Å². The number of hydrogen-bond donors (Lipinski definition) is 2. The van der Waals surface area contributed by atoms with Crippen LogP contribution < -0.4 is 5.73 Å². The van der Waals surface area contributed by atoms with Crippen LogP contribution >= 0.6 is 0 Å². The molecule has 4 heteroatoms. The molecule has 16 heavy (non-hydrogen) atoms. The summed E-state index contributed by atoms with van der Waals surface area (Å²) < 4.78 is 26.4. The summed E-state index contributed by atoms with van der Waals surface area (Å²) >= 11 is 0. The molecule has 0 bridgehead atoms. The molecule has 1 unspecified atom stereocenters. The third kappa shape index (κ3) is 2.08. The van der Waals surface area contributed by atoms with Crippen molar-refractivity contribution in [1.29, 1.82) is 0 Å². The fourth-order valence-corrected chi connectivity index (χ4v) is 1.65. The number of hydrogen-bond acceptors (Lipinski definition) is 2. The van der Waals surface area contributed by atoms with E-state index in [1.165, 1.54) is 6.07 Å². The predicted molar refractivity (Wildman–Crippen MR) is 58.8 cm³/mol. The van der Waals surface area contributed by atoms with Crippen LogP contribution in [0.25, 0.3) is 0 Å². The second-order valence-corrected chi connectivity index (χ2v) is 4.94. The van der Waals surface area contributed by atoms with Gasteiger partial charge in [0.25, 0.3) is 0 Å². The highest BCUT2D eigenvalue weighted by molar-refractivity contribution is 5.27. The lowest BCUT2D eigenvalue weighted by Crippen LogP contribution is -2.47. The highest BCUT2D eigenvalue weighted by Crippen LogP contribution is 2.39. The summed E-state index contributed by atoms with van der Waals surface area (Å²) in [6.45, 7) is 5.13. The van der Waals surface area contributed by atoms with E-state index >= 15 is 0 Å². The maximum Gasteiger partial charge on any atom is 0.132 e. The average Bonchev–Trinajstić information content (AvgIpc) is 2.15. The minimum absolute atomic E-state index is 0.0314. The summed E-state index contributed by atoms with van der Waals surface area (Å²) in [5.41, 5.74) is 3.41. The summed E-state index contributed by atoms with van der Waals surface area (Å²) in [5, 5.41) is 10.4. The van der Waals surface area contributed by atoms with Gasteiger partial charge in [0.15, 0.2) is 0 Å². The Labute approximate surface area is 94.1 Å². The zero-order valence-corrected chi connectivity index (χ0v) is 9.72. The first kappa shape index (κ1) is 13.1. The smallest absolute Gasteiger partial charge is 0.132 e. The molecule has 1 atom stereocenters. The van der Waals surface area contributed by atoms with Crippen LogP contribution in [0.5, 0.6) is 0 Å². The van der Waals surface area contributed by atoms with Gasteiger partial charge in [-0.25, -0.2) is 8.78 Å². The normalized spacial score (nSPS) is 15.9. The molecule has 0 radical (unpaired) electrons. The van der Waals surface area contributed by atoms with Gasteiger partial charge in [0.05, 0.1) is 0 Å². The molecule has 0 spiro atoms. The molecule has 1 rings (SSSR count). The molecular weight excluding hydrogens is 212 g/mol. The lowest BCUT2D eigenvalue weighted by molar-refractivity contribution is -0.0584. The Kier molecular flexibility index (Phi) is 3.35. The maximum absolute atomic E-state index is 13.6. The van der Waals surface area contributed by atoms with E-state index in [9.17, 15) is 13.9 Å². The van der Waals surface area contributed by atoms with Crippen molar-refractivity contribution in [3.05, 3.63) is 35.4 Å². The Bertz CT molecular complexity index is 387. The second kappa shape index (κ2) is 4.11. The lowest BCUT2D eigenvalue weighted by atomic mass is 9.72. The van der Waals surface area contributed by atoms with Crippen molar-refractivity contribution < 1.29 is 13.9 Å². The average molecular weight is 229 g/mol. The number of benzene rings is 1. The number of nitrogens with two attached hydrogens (primary N) is 1. The molecule has 0 saturated carbocycles. The van der Waals surface area contributed by atoms with Crippen LogP contribution in [-0.2, 0) is 5.60 Å². The van der Waals surface area contributed by atoms with Crippen molar-refractivity contribution in [3.63, 3.8) is 0 Å². The second-order valence-electron chi connectivity index (χ2n) is 4.94. The molecule has 2 nitrogen and oxygen atoms in total. The number of rotatable bonds is 2. The Morgan fingerprint density at radius 2 is 1.81 bits per heavy atom. The van der Waals surface area contributed by atoms with E-state index in [2.05, 4.69) is 0 Å². The Balaban J connectivity index is 3.34. The van der Waals surface area contributed by atoms with Gasteiger partial charge in [-0.3, -0.25) is 0 Å². The highest BCUT2D eigenvalue weighted by atomic mass is 19.1. The Morgan fingerprint density at radius 1 is 1.25 bits per heavy atom. The van der Waals surface area contributed by atoms with E-state index in [-0.39, 0.29) is 12.1 Å². The molecular formula is C12H17F2NO. The van der Waals surface area contributed by atoms with Gasteiger partial charge in [-0.1, -0.05) is 26.8 Å². The first-order valence-electron chi connectivity index (χ1n) is 5.10. The first-order chi connectivity index (χ1) is 7.22. The molecule has 90 valence electrons. The van der Waals surface area contributed by atoms with Crippen molar-refractivity contribution in [2.75, 3.05) is 6.54 Å². The third-order valence-electron chi connectivity index (χ3n) is 2.91. The molecule has 1 aromatic carbocycles. The van der Waals surface area contributed by atoms with Crippen molar-refractivity contribution in [2.24, 2.45) is 11.1 Å². The van der Waals surface area contributed by atoms with Crippen LogP contribution in [0.15, 0.2) is 18.2 Å². The monoisotopic (exact) mass is 229 g/mol. The number of halogens is 2. The van der Waals surface area contributed by atoms with Gasteiger partial charge in [-0.2, -0.15) is 0 Å². The molecule has 0 saturated heterocycles. The van der Waals surface area contributed by atoms with Crippen LogP contribution in [0.4, 0.5) is 8.78 Å². The molecule has 0 amide bonds. The summed E-state index contributed by atoms with van der Waals surface area (Å²) in [7, 11) is 0. The van der Waals surface area contributed by atoms with Crippen molar-refractivity contribution in [3.8, 4) is 0 Å². The van der Waals surface area contributed by atoms with Gasteiger partial charge < -0.3 is 10.8 Å². The van der Waals surface area contributed by atoms with E-state index in [0.29, 0.717) is 0 Å². The van der Waals surface area contributed by atoms with Crippen LogP contribution in [0, 0.1) is 17.0 Å². The minimum Gasteiger partial charge on any atom is -0.383 e. The zero-order chi connectivity index (χ0) is 12.6. The largest absolute Gasteiger partial charge is 0.383 e. The highest BCUT2D eigenvalue weighted by Gasteiger charge is 2.42. The quantitative estimate of drug-likeness (QED) is 0.816. The van der Waals surface area contributed by atoms with E-state index in [1.807, 2.05) is 0 Å². The molecule has 1 aromatic rings. The summed E-state index contributed by atoms with van der Waals surface area (Å²) in [6.07, 6.45) is 0. The predicted octanol–water partition coefficient (Wildman–Crippen LogP) is 2.16. The molecule has 3 N–H and O–H groups in total. The van der Waals surface area contributed by atoms with Crippen LogP contribution in [0.3, 0.4) is 0 Å². The summed E-state index contributed by atoms with van der Waals surface area (Å²) in [6, 6.07) is 3.11. The van der Waals surface area contributed by atoms with Crippen molar-refractivity contribution in [2.45, 2.75) is 26.4 Å². The van der Waals surface area contributed by atoms with Crippen molar-refractivity contribution in [1.82, 2.24) is 0 Å². The van der Waals surface area contributed by atoms with Gasteiger partial charge >= 0.3 is 0 Å². The summed E-state index contributed by atoms with van der Waals surface area (Å²) in [4.78, 5) is 0. The van der Waals surface area contributed by atoms with Crippen LogP contribution in [0.2, 0.25) is 0 Å². The van der Waals surface area contributed by atoms with Gasteiger partial charge in [-0.15, -0.1) is 0 Å². The topological polar surface area (TPSA) is 46.2 Å². The molecule has 0 fully saturated rings. The molecule has 0 heterocycles. The van der Waals surface area contributed by atoms with Gasteiger partial charge in [-0.05, 0) is 11.5 Å². The fourth-order valence-electron chi connectivity index (χ4n) is 1.65. The Morgan fingerprint density at radius 3 is 2.19 bits per heavy atom. The van der Waals surface area contributed by atoms with E-state index in [4.69, 9.17) is 5.73 Å². The minimum atomic E-state index is -1.51. The third-order valence-corrected chi connectivity index (χ3v) is 2.91. The van der Waals surface area contributed by atoms with Crippen LogP contribution in [0.1, 0.15) is 26.3 Å². The molecule has 0 aliphatic rings. The fraction of sp³-hybridized carbons (Fsp3) is 0.500. The Hall–Kier alpha value is -1.00. The zero-order valence-electron chi connectivity index (χ0n) is 9.72. The van der Waals surface area contributed by atoms with E-state index in [1.54, 1.807) is 20.8 Å². The maximum atomic E-state index is 13.6. The number of aliphatic hydroxyl groups is 1. The molecule has 0 aliphatic carbocycles. The molecule has 0 aromatic heterocycles. The molecule has 0 aliphatic heterocycles. The van der Waals surface area contributed by atoms with Crippen LogP contribution in [-0.4, -0.2) is 11.7 Å². The van der Waals surface area contributed by atoms with E-state index in [0.717, 1.165) is 12.1 Å². The van der Waals surface area contributed by atoms with Crippen molar-refractivity contribution >= 4 is 0 Å². The first-order valence-corrected chi connectivity index (χ1v) is 5.10. The SMILES string of the molecule is CC(C)(C)C(O)(CN)c1ccc(F)cc1F. The van der Waals surface area contributed by atoms with Gasteiger partial charge in [0.1, 0.15) is 17.2 Å².